The minimum Gasteiger partial charge on any atom is -0.413 e. The van der Waals surface area contributed by atoms with E-state index in [1.54, 1.807) is 6.20 Å². The molecule has 0 saturated heterocycles. The number of nitrogens with zero attached hydrogens (tertiary/aromatic N) is 3. The smallest absolute Gasteiger partial charge is 0.413 e. The zero-order valence-corrected chi connectivity index (χ0v) is 5.30. The van der Waals surface area contributed by atoms with Crippen LogP contribution in [0.5, 0.6) is 0 Å². The molecular formula is C5H3N3O3. The summed E-state index contributed by atoms with van der Waals surface area (Å²) in [6.45, 7) is 0. The van der Waals surface area contributed by atoms with Crippen LogP contribution in [0.1, 0.15) is 0 Å². The van der Waals surface area contributed by atoms with Gasteiger partial charge in [-0.25, -0.2) is 4.40 Å². The van der Waals surface area contributed by atoms with Gasteiger partial charge in [0.2, 0.25) is 0 Å². The molecule has 0 unspecified atom stereocenters. The van der Waals surface area contributed by atoms with E-state index in [2.05, 4.69) is 4.98 Å². The Morgan fingerprint density at radius 2 is 2.55 bits per heavy atom. The van der Waals surface area contributed by atoms with E-state index in [1.807, 2.05) is 0 Å². The largest absolute Gasteiger partial charge is 0.423 e. The summed E-state index contributed by atoms with van der Waals surface area (Å²) in [5.41, 5.74) is 0. The predicted molar refractivity (Wildman–Crippen MR) is 34.1 cm³/mol. The van der Waals surface area contributed by atoms with Gasteiger partial charge in [-0.2, -0.15) is 0 Å². The van der Waals surface area contributed by atoms with Crippen LogP contribution < -0.4 is 0 Å². The summed E-state index contributed by atoms with van der Waals surface area (Å²) >= 11 is 0. The molecule has 0 bridgehead atoms. The van der Waals surface area contributed by atoms with Gasteiger partial charge in [0.25, 0.3) is 0 Å². The van der Waals surface area contributed by atoms with Crippen LogP contribution in [0.4, 0.5) is 5.82 Å². The lowest BCUT2D eigenvalue weighted by Gasteiger charge is -1.81. The monoisotopic (exact) mass is 153 g/mol. The van der Waals surface area contributed by atoms with Gasteiger partial charge in [0.15, 0.2) is 0 Å². The second kappa shape index (κ2) is 1.82. The zero-order chi connectivity index (χ0) is 7.84. The van der Waals surface area contributed by atoms with Crippen LogP contribution in [-0.4, -0.2) is 14.3 Å². The van der Waals surface area contributed by atoms with Crippen molar-refractivity contribution in [2.24, 2.45) is 0 Å². The highest BCUT2D eigenvalue weighted by Crippen LogP contribution is 2.11. The number of imidazole rings is 1. The fourth-order valence-electron chi connectivity index (χ4n) is 0.803. The van der Waals surface area contributed by atoms with Gasteiger partial charge in [0, 0.05) is 4.98 Å². The summed E-state index contributed by atoms with van der Waals surface area (Å²) in [5, 5.41) is 10.2. The molecule has 6 nitrogen and oxygen atoms in total. The molecule has 0 N–H and O–H groups in total. The van der Waals surface area contributed by atoms with E-state index >= 15 is 0 Å². The topological polar surface area (TPSA) is 73.6 Å². The van der Waals surface area contributed by atoms with Crippen molar-refractivity contribution in [3.63, 3.8) is 0 Å². The van der Waals surface area contributed by atoms with Crippen molar-refractivity contribution in [2.45, 2.75) is 0 Å². The lowest BCUT2D eigenvalue weighted by Crippen LogP contribution is -1.85. The number of hydrogen-bond donors (Lipinski definition) is 0. The quantitative estimate of drug-likeness (QED) is 0.449. The van der Waals surface area contributed by atoms with Gasteiger partial charge in [-0.3, -0.25) is 0 Å². The number of oxazole rings is 1. The van der Waals surface area contributed by atoms with E-state index < -0.39 is 4.92 Å². The molecule has 0 aliphatic heterocycles. The van der Waals surface area contributed by atoms with E-state index in [0.29, 0.717) is 0 Å². The number of nitro groups is 1. The summed E-state index contributed by atoms with van der Waals surface area (Å²) in [5.74, 6) is 0.0288. The normalized spacial score (nSPS) is 10.5. The second-order valence-electron chi connectivity index (χ2n) is 1.95. The molecular weight excluding hydrogens is 150 g/mol. The molecule has 11 heavy (non-hydrogen) atoms. The molecule has 0 aliphatic carbocycles. The van der Waals surface area contributed by atoms with Gasteiger partial charge in [-0.1, -0.05) is 0 Å². The molecule has 0 fully saturated rings. The minimum atomic E-state index is -0.567. The van der Waals surface area contributed by atoms with Crippen molar-refractivity contribution in [3.05, 3.63) is 28.8 Å². The summed E-state index contributed by atoms with van der Waals surface area (Å²) in [6, 6.07) is 0. The molecule has 2 aromatic rings. The second-order valence-corrected chi connectivity index (χ2v) is 1.95. The zero-order valence-electron chi connectivity index (χ0n) is 5.30. The van der Waals surface area contributed by atoms with Crippen molar-refractivity contribution < 1.29 is 9.34 Å². The van der Waals surface area contributed by atoms with Crippen molar-refractivity contribution in [1.82, 2.24) is 9.38 Å². The lowest BCUT2D eigenvalue weighted by molar-refractivity contribution is -0.389. The first-order valence-electron chi connectivity index (χ1n) is 2.84. The van der Waals surface area contributed by atoms with Crippen LogP contribution >= 0.6 is 0 Å². The molecule has 0 aromatic carbocycles. The van der Waals surface area contributed by atoms with Crippen LogP contribution in [0.2, 0.25) is 0 Å². The van der Waals surface area contributed by atoms with Crippen LogP contribution in [0, 0.1) is 10.1 Å². The molecule has 2 heterocycles. The minimum absolute atomic E-state index is 0.204. The maximum Gasteiger partial charge on any atom is 0.423 e. The Morgan fingerprint density at radius 1 is 1.73 bits per heavy atom. The summed E-state index contributed by atoms with van der Waals surface area (Å²) < 4.78 is 6.24. The van der Waals surface area contributed by atoms with Gasteiger partial charge >= 0.3 is 11.7 Å². The van der Waals surface area contributed by atoms with Crippen LogP contribution in [0.3, 0.4) is 0 Å². The Labute approximate surface area is 60.2 Å². The third-order valence-corrected chi connectivity index (χ3v) is 1.27. The Balaban J connectivity index is 2.67. The highest BCUT2D eigenvalue weighted by atomic mass is 16.6. The van der Waals surface area contributed by atoms with Gasteiger partial charge in [0.1, 0.15) is 12.5 Å². The summed E-state index contributed by atoms with van der Waals surface area (Å²) in [4.78, 5) is 13.2. The number of aromatic nitrogens is 2. The highest BCUT2D eigenvalue weighted by molar-refractivity contribution is 5.32. The van der Waals surface area contributed by atoms with Gasteiger partial charge < -0.3 is 14.5 Å². The first-order valence-corrected chi connectivity index (χ1v) is 2.84. The Hall–Kier alpha value is -1.85. The van der Waals surface area contributed by atoms with Crippen LogP contribution in [0.15, 0.2) is 23.1 Å². The third kappa shape index (κ3) is 0.759. The molecule has 0 aliphatic rings. The van der Waals surface area contributed by atoms with E-state index in [9.17, 15) is 10.1 Å². The van der Waals surface area contributed by atoms with Gasteiger partial charge in [-0.15, -0.1) is 0 Å². The highest BCUT2D eigenvalue weighted by Gasteiger charge is 2.14. The van der Waals surface area contributed by atoms with Gasteiger partial charge in [-0.05, 0) is 4.92 Å². The van der Waals surface area contributed by atoms with Crippen molar-refractivity contribution >= 4 is 11.7 Å². The average Bonchev–Trinajstić information content (AvgIpc) is 2.40. The van der Waals surface area contributed by atoms with Crippen LogP contribution in [0.25, 0.3) is 5.84 Å². The standard InChI is InChI=1S/C5H3N3O3/c9-8(10)4-3-7-1-2-11-5(7)6-4/h1-3H. The Kier molecular flexibility index (Phi) is 0.974. The molecule has 0 amide bonds. The predicted octanol–water partition coefficient (Wildman–Crippen LogP) is 0.835. The molecule has 2 rings (SSSR count). The van der Waals surface area contributed by atoms with E-state index in [0.717, 1.165) is 0 Å². The number of hydrogen-bond acceptors (Lipinski definition) is 4. The summed E-state index contributed by atoms with van der Waals surface area (Å²) in [7, 11) is 0. The van der Waals surface area contributed by atoms with Crippen molar-refractivity contribution in [1.29, 1.82) is 0 Å². The Bertz CT molecular complexity index is 373. The number of rotatable bonds is 1. The first kappa shape index (κ1) is 5.90. The third-order valence-electron chi connectivity index (χ3n) is 1.27. The van der Waals surface area contributed by atoms with Gasteiger partial charge in [0.05, 0.1) is 6.20 Å². The van der Waals surface area contributed by atoms with Crippen molar-refractivity contribution in [3.8, 4) is 0 Å². The molecule has 6 heteroatoms. The average molecular weight is 153 g/mol. The maximum absolute atomic E-state index is 10.2. The van der Waals surface area contributed by atoms with E-state index in [-0.39, 0.29) is 11.7 Å². The lowest BCUT2D eigenvalue weighted by atomic mass is 10.8. The molecule has 0 radical (unpaired) electrons. The van der Waals surface area contributed by atoms with Crippen LogP contribution in [-0.2, 0) is 0 Å². The molecule has 56 valence electrons. The fourth-order valence-corrected chi connectivity index (χ4v) is 0.803. The SMILES string of the molecule is O=[N+]([O-])c1cn2ccoc2n1. The molecule has 0 atom stereocenters. The summed E-state index contributed by atoms with van der Waals surface area (Å²) in [6.07, 6.45) is 4.25. The first-order chi connectivity index (χ1) is 5.27. The molecule has 0 saturated carbocycles. The van der Waals surface area contributed by atoms with E-state index in [1.165, 1.54) is 16.9 Å². The van der Waals surface area contributed by atoms with E-state index in [4.69, 9.17) is 4.42 Å². The van der Waals surface area contributed by atoms with Crippen molar-refractivity contribution in [2.75, 3.05) is 0 Å². The maximum atomic E-state index is 10.2. The number of fused-ring (bicyclic) bond motifs is 1. The fraction of sp³-hybridized carbons (Fsp3) is 0. The Morgan fingerprint density at radius 3 is 3.18 bits per heavy atom. The molecule has 0 spiro atoms. The molecule has 2 aromatic heterocycles.